The van der Waals surface area contributed by atoms with Crippen LogP contribution in [0.4, 0.5) is 0 Å². The lowest BCUT2D eigenvalue weighted by Crippen LogP contribution is -2.40. The molecule has 20 heavy (non-hydrogen) atoms. The molecule has 0 aliphatic heterocycles. The highest BCUT2D eigenvalue weighted by atomic mass is 31.1. The number of benzene rings is 2. The molecule has 0 N–H and O–H groups in total. The molecule has 2 heteroatoms. The molecule has 2 aromatic rings. The van der Waals surface area contributed by atoms with Gasteiger partial charge in [-0.3, -0.25) is 0 Å². The second-order valence-corrected chi connectivity index (χ2v) is 13.7. The quantitative estimate of drug-likeness (QED) is 0.564. The van der Waals surface area contributed by atoms with E-state index in [0.29, 0.717) is 5.28 Å². The van der Waals surface area contributed by atoms with E-state index in [2.05, 4.69) is 93.0 Å². The van der Waals surface area contributed by atoms with Crippen LogP contribution in [0.3, 0.4) is 0 Å². The zero-order valence-corrected chi connectivity index (χ0v) is 14.5. The summed E-state index contributed by atoms with van der Waals surface area (Å²) in [6, 6.07) is 21.9. The molecule has 0 aliphatic carbocycles. The van der Waals surface area contributed by atoms with Crippen LogP contribution in [-0.2, 0) is 0 Å². The van der Waals surface area contributed by atoms with Gasteiger partial charge in [0.25, 0.3) is 0 Å². The maximum absolute atomic E-state index is 4.10. The Morgan fingerprint density at radius 1 is 0.900 bits per heavy atom. The van der Waals surface area contributed by atoms with Gasteiger partial charge < -0.3 is 0 Å². The summed E-state index contributed by atoms with van der Waals surface area (Å²) in [5.74, 6) is 0. The summed E-state index contributed by atoms with van der Waals surface area (Å²) in [6.07, 6.45) is 0. The van der Waals surface area contributed by atoms with Gasteiger partial charge in [0.15, 0.2) is 0 Å². The van der Waals surface area contributed by atoms with Crippen LogP contribution in [0.25, 0.3) is 0 Å². The Hall–Kier alpha value is -1.17. The van der Waals surface area contributed by atoms with Crippen molar-refractivity contribution in [1.29, 1.82) is 0 Å². The Labute approximate surface area is 125 Å². The van der Waals surface area contributed by atoms with Gasteiger partial charge >= 0.3 is 0 Å². The van der Waals surface area contributed by atoms with Gasteiger partial charge in [0.1, 0.15) is 0 Å². The first kappa shape index (κ1) is 15.2. The van der Waals surface area contributed by atoms with Gasteiger partial charge in [0.2, 0.25) is 0 Å². The molecule has 104 valence electrons. The number of hydrogen-bond donors (Lipinski definition) is 0. The Morgan fingerprint density at radius 2 is 1.30 bits per heavy atom. The fraction of sp³-hybridized carbons (Fsp3) is 0.222. The van der Waals surface area contributed by atoms with Crippen LogP contribution in [0.15, 0.2) is 72.9 Å². The maximum atomic E-state index is 4.10. The van der Waals surface area contributed by atoms with Crippen molar-refractivity contribution in [2.75, 3.05) is 0 Å². The third kappa shape index (κ3) is 3.28. The second kappa shape index (κ2) is 6.52. The van der Waals surface area contributed by atoms with Crippen molar-refractivity contribution in [3.8, 4) is 0 Å². The molecule has 0 nitrogen and oxygen atoms in total. The second-order valence-electron chi connectivity index (χ2n) is 5.74. The van der Waals surface area contributed by atoms with Crippen molar-refractivity contribution in [2.24, 2.45) is 0 Å². The lowest BCUT2D eigenvalue weighted by atomic mass is 10.4. The standard InChI is InChI=1S/C18H23PSi/c1-5-20(3,4)16(2)19(17-12-8-6-9-13-17)18-14-10-7-11-15-18/h5-16H,1H2,2-4H3. The van der Waals surface area contributed by atoms with Crippen molar-refractivity contribution in [3.05, 3.63) is 72.9 Å². The molecule has 0 amide bonds. The van der Waals surface area contributed by atoms with E-state index in [1.54, 1.807) is 0 Å². The number of rotatable bonds is 5. The molecule has 0 aliphatic rings. The van der Waals surface area contributed by atoms with Gasteiger partial charge in [-0.1, -0.05) is 80.7 Å². The van der Waals surface area contributed by atoms with Crippen molar-refractivity contribution in [2.45, 2.75) is 25.3 Å². The highest BCUT2D eigenvalue weighted by Crippen LogP contribution is 2.43. The molecule has 1 unspecified atom stereocenters. The van der Waals surface area contributed by atoms with Crippen molar-refractivity contribution >= 4 is 26.6 Å². The van der Waals surface area contributed by atoms with E-state index in [-0.39, 0.29) is 7.92 Å². The van der Waals surface area contributed by atoms with Gasteiger partial charge in [0, 0.05) is 0 Å². The fourth-order valence-electron chi connectivity index (χ4n) is 2.28. The lowest BCUT2D eigenvalue weighted by molar-refractivity contribution is 1.29. The molecular formula is C18H23PSi. The molecule has 2 aromatic carbocycles. The van der Waals surface area contributed by atoms with E-state index in [1.807, 2.05) is 0 Å². The Balaban J connectivity index is 2.48. The predicted molar refractivity (Wildman–Crippen MR) is 96.2 cm³/mol. The SMILES string of the molecule is C=C[Si](C)(C)C(C)P(c1ccccc1)c1ccccc1. The minimum atomic E-state index is -1.42. The van der Waals surface area contributed by atoms with Crippen LogP contribution in [0, 0.1) is 0 Å². The highest BCUT2D eigenvalue weighted by molar-refractivity contribution is 7.76. The van der Waals surface area contributed by atoms with E-state index in [1.165, 1.54) is 10.6 Å². The summed E-state index contributed by atoms with van der Waals surface area (Å²) in [5.41, 5.74) is 2.24. The molecule has 0 radical (unpaired) electrons. The molecule has 0 spiro atoms. The molecule has 2 rings (SSSR count). The Bertz CT molecular complexity index is 509. The normalized spacial score (nSPS) is 13.2. The van der Waals surface area contributed by atoms with Gasteiger partial charge in [-0.05, 0) is 23.8 Å². The topological polar surface area (TPSA) is 0 Å². The first-order valence-electron chi connectivity index (χ1n) is 7.09. The van der Waals surface area contributed by atoms with Crippen LogP contribution in [0.1, 0.15) is 6.92 Å². The zero-order valence-electron chi connectivity index (χ0n) is 12.6. The van der Waals surface area contributed by atoms with Crippen molar-refractivity contribution in [1.82, 2.24) is 0 Å². The summed E-state index contributed by atoms with van der Waals surface area (Å²) >= 11 is 0. The Morgan fingerprint density at radius 3 is 1.65 bits per heavy atom. The van der Waals surface area contributed by atoms with Gasteiger partial charge in [-0.2, -0.15) is 0 Å². The molecule has 0 aromatic heterocycles. The third-order valence-electron chi connectivity index (χ3n) is 4.06. The average Bonchev–Trinajstić information content (AvgIpc) is 2.49. The zero-order chi connectivity index (χ0) is 14.6. The molecule has 1 atom stereocenters. The minimum Gasteiger partial charge on any atom is -0.107 e. The fourth-order valence-corrected chi connectivity index (χ4v) is 8.67. The van der Waals surface area contributed by atoms with Crippen LogP contribution in [-0.4, -0.2) is 13.4 Å². The maximum Gasteiger partial charge on any atom is 0.0785 e. The molecule has 0 saturated carbocycles. The molecule has 0 heterocycles. The number of hydrogen-bond acceptors (Lipinski definition) is 0. The molecule has 0 bridgehead atoms. The first-order chi connectivity index (χ1) is 9.56. The lowest BCUT2D eigenvalue weighted by Gasteiger charge is -2.34. The molecule has 0 saturated heterocycles. The van der Waals surface area contributed by atoms with Crippen LogP contribution >= 0.6 is 7.92 Å². The van der Waals surface area contributed by atoms with Crippen LogP contribution in [0.5, 0.6) is 0 Å². The first-order valence-corrected chi connectivity index (χ1v) is 11.7. The van der Waals surface area contributed by atoms with E-state index in [9.17, 15) is 0 Å². The van der Waals surface area contributed by atoms with Crippen molar-refractivity contribution < 1.29 is 0 Å². The van der Waals surface area contributed by atoms with Crippen LogP contribution < -0.4 is 10.6 Å². The smallest absolute Gasteiger partial charge is 0.0785 e. The van der Waals surface area contributed by atoms with E-state index < -0.39 is 8.07 Å². The van der Waals surface area contributed by atoms with E-state index in [4.69, 9.17) is 0 Å². The molecule has 0 fully saturated rings. The molecular weight excluding hydrogens is 275 g/mol. The minimum absolute atomic E-state index is 0.315. The Kier molecular flexibility index (Phi) is 4.96. The van der Waals surface area contributed by atoms with Crippen LogP contribution in [0.2, 0.25) is 13.1 Å². The summed E-state index contributed by atoms with van der Waals surface area (Å²) in [5, 5.41) is 3.63. The van der Waals surface area contributed by atoms with Gasteiger partial charge in [0.05, 0.1) is 8.07 Å². The predicted octanol–water partition coefficient (Wildman–Crippen LogP) is 4.48. The summed E-state index contributed by atoms with van der Waals surface area (Å²) in [7, 11) is -1.73. The van der Waals surface area contributed by atoms with Gasteiger partial charge in [-0.15, -0.1) is 12.3 Å². The highest BCUT2D eigenvalue weighted by Gasteiger charge is 2.33. The van der Waals surface area contributed by atoms with E-state index in [0.717, 1.165) is 0 Å². The summed E-state index contributed by atoms with van der Waals surface area (Å²) in [4.78, 5) is 0. The van der Waals surface area contributed by atoms with Crippen molar-refractivity contribution in [3.63, 3.8) is 0 Å². The third-order valence-corrected chi connectivity index (χ3v) is 12.5. The van der Waals surface area contributed by atoms with E-state index >= 15 is 0 Å². The largest absolute Gasteiger partial charge is 0.107 e. The van der Waals surface area contributed by atoms with Gasteiger partial charge in [-0.25, -0.2) is 0 Å². The summed E-state index contributed by atoms with van der Waals surface area (Å²) < 4.78 is 0. The average molecular weight is 298 g/mol. The monoisotopic (exact) mass is 298 g/mol. The summed E-state index contributed by atoms with van der Waals surface area (Å²) in [6.45, 7) is 11.4.